The quantitative estimate of drug-likeness (QED) is 0.624. The molecule has 2 saturated heterocycles. The molecule has 2 rings (SSSR count). The van der Waals surface area contributed by atoms with E-state index in [9.17, 15) is 0 Å². The van der Waals surface area contributed by atoms with E-state index < -0.39 is 0 Å². The molecule has 1 N–H and O–H groups in total. The zero-order valence-corrected chi connectivity index (χ0v) is 7.64. The third-order valence-corrected chi connectivity index (χ3v) is 2.99. The van der Waals surface area contributed by atoms with Gasteiger partial charge < -0.3 is 14.8 Å². The van der Waals surface area contributed by atoms with Crippen molar-refractivity contribution in [2.45, 2.75) is 31.0 Å². The Labute approximate surface area is 73.4 Å². The molecule has 12 heavy (non-hydrogen) atoms. The van der Waals surface area contributed by atoms with Crippen LogP contribution < -0.4 is 5.32 Å². The summed E-state index contributed by atoms with van der Waals surface area (Å²) < 4.78 is 11.2. The highest BCUT2D eigenvalue weighted by molar-refractivity contribution is 4.94. The Hall–Kier alpha value is -0.120. The van der Waals surface area contributed by atoms with Crippen molar-refractivity contribution in [2.75, 3.05) is 26.8 Å². The number of ether oxygens (including phenoxy) is 2. The summed E-state index contributed by atoms with van der Waals surface area (Å²) in [6.07, 6.45) is 3.68. The van der Waals surface area contributed by atoms with Crippen LogP contribution in [0, 0.1) is 0 Å². The molecule has 3 nitrogen and oxygen atoms in total. The molecule has 0 radical (unpaired) electrons. The lowest BCUT2D eigenvalue weighted by Crippen LogP contribution is -2.44. The molecule has 0 amide bonds. The maximum atomic E-state index is 5.82. The van der Waals surface area contributed by atoms with E-state index in [2.05, 4.69) is 5.32 Å². The summed E-state index contributed by atoms with van der Waals surface area (Å²) in [5, 5.41) is 3.35. The lowest BCUT2D eigenvalue weighted by atomic mass is 9.91. The van der Waals surface area contributed by atoms with Crippen molar-refractivity contribution in [3.63, 3.8) is 0 Å². The van der Waals surface area contributed by atoms with E-state index in [1.54, 1.807) is 7.11 Å². The SMILES string of the molecule is CO[C@H]1CCO[C@]2(CCNC2)C1. The predicted octanol–water partition coefficient (Wildman–Crippen LogP) is 0.544. The van der Waals surface area contributed by atoms with Crippen molar-refractivity contribution in [1.82, 2.24) is 5.32 Å². The smallest absolute Gasteiger partial charge is 0.0843 e. The molecule has 0 aromatic rings. The average Bonchev–Trinajstić information content (AvgIpc) is 2.53. The second kappa shape index (κ2) is 3.32. The highest BCUT2D eigenvalue weighted by Crippen LogP contribution is 2.31. The second-order valence-electron chi connectivity index (χ2n) is 3.81. The number of methoxy groups -OCH3 is 1. The summed E-state index contributed by atoms with van der Waals surface area (Å²) in [7, 11) is 1.80. The minimum absolute atomic E-state index is 0.110. The van der Waals surface area contributed by atoms with Crippen molar-refractivity contribution in [3.05, 3.63) is 0 Å². The topological polar surface area (TPSA) is 30.5 Å². The third-order valence-electron chi connectivity index (χ3n) is 2.99. The molecule has 0 bridgehead atoms. The summed E-state index contributed by atoms with van der Waals surface area (Å²) in [5.41, 5.74) is 0.110. The van der Waals surface area contributed by atoms with Crippen molar-refractivity contribution >= 4 is 0 Å². The van der Waals surface area contributed by atoms with Crippen LogP contribution in [0.5, 0.6) is 0 Å². The first kappa shape index (κ1) is 8.48. The van der Waals surface area contributed by atoms with Gasteiger partial charge in [0.05, 0.1) is 11.7 Å². The van der Waals surface area contributed by atoms with Crippen LogP contribution in [0.2, 0.25) is 0 Å². The second-order valence-corrected chi connectivity index (χ2v) is 3.81. The van der Waals surface area contributed by atoms with Crippen LogP contribution in [0.4, 0.5) is 0 Å². The van der Waals surface area contributed by atoms with Crippen LogP contribution in [0.3, 0.4) is 0 Å². The molecule has 0 unspecified atom stereocenters. The Bertz CT molecular complexity index is 155. The highest BCUT2D eigenvalue weighted by Gasteiger charge is 2.39. The molecule has 2 aliphatic rings. The standard InChI is InChI=1S/C9H17NO2/c1-11-8-2-5-12-9(6-8)3-4-10-7-9/h8,10H,2-7H2,1H3/t8-,9+/m0/s1. The number of hydrogen-bond donors (Lipinski definition) is 1. The first-order valence-electron chi connectivity index (χ1n) is 4.72. The van der Waals surface area contributed by atoms with Gasteiger partial charge in [0, 0.05) is 26.7 Å². The zero-order chi connectivity index (χ0) is 8.44. The molecule has 0 saturated carbocycles. The van der Waals surface area contributed by atoms with Gasteiger partial charge >= 0.3 is 0 Å². The molecular weight excluding hydrogens is 154 g/mol. The molecule has 2 fully saturated rings. The summed E-state index contributed by atoms with van der Waals surface area (Å²) in [5.74, 6) is 0. The van der Waals surface area contributed by atoms with Crippen LogP contribution in [0.25, 0.3) is 0 Å². The lowest BCUT2D eigenvalue weighted by molar-refractivity contribution is -0.115. The molecule has 0 aliphatic carbocycles. The van der Waals surface area contributed by atoms with Crippen LogP contribution in [0.1, 0.15) is 19.3 Å². The normalized spacial score (nSPS) is 42.2. The molecule has 1 spiro atoms. The first-order chi connectivity index (χ1) is 5.85. The fourth-order valence-corrected chi connectivity index (χ4v) is 2.20. The van der Waals surface area contributed by atoms with E-state index in [0.717, 1.165) is 39.0 Å². The Balaban J connectivity index is 1.97. The van der Waals surface area contributed by atoms with Crippen LogP contribution in [-0.4, -0.2) is 38.5 Å². The molecule has 2 heterocycles. The summed E-state index contributed by atoms with van der Waals surface area (Å²) in [6, 6.07) is 0. The summed E-state index contributed by atoms with van der Waals surface area (Å²) in [4.78, 5) is 0. The van der Waals surface area contributed by atoms with Gasteiger partial charge in [-0.15, -0.1) is 0 Å². The van der Waals surface area contributed by atoms with Crippen LogP contribution >= 0.6 is 0 Å². The van der Waals surface area contributed by atoms with Gasteiger partial charge in [-0.25, -0.2) is 0 Å². The van der Waals surface area contributed by atoms with Gasteiger partial charge in [-0.3, -0.25) is 0 Å². The molecular formula is C9H17NO2. The van der Waals surface area contributed by atoms with E-state index in [4.69, 9.17) is 9.47 Å². The molecule has 0 aromatic heterocycles. The third kappa shape index (κ3) is 1.49. The van der Waals surface area contributed by atoms with E-state index in [0.29, 0.717) is 6.10 Å². The van der Waals surface area contributed by atoms with Crippen molar-refractivity contribution in [3.8, 4) is 0 Å². The average molecular weight is 171 g/mol. The maximum Gasteiger partial charge on any atom is 0.0843 e. The predicted molar refractivity (Wildman–Crippen MR) is 46.2 cm³/mol. The minimum atomic E-state index is 0.110. The summed E-state index contributed by atoms with van der Waals surface area (Å²) in [6.45, 7) is 2.96. The first-order valence-corrected chi connectivity index (χ1v) is 4.72. The highest BCUT2D eigenvalue weighted by atomic mass is 16.5. The molecule has 3 heteroatoms. The lowest BCUT2D eigenvalue weighted by Gasteiger charge is -2.36. The van der Waals surface area contributed by atoms with Crippen LogP contribution in [0.15, 0.2) is 0 Å². The van der Waals surface area contributed by atoms with E-state index in [-0.39, 0.29) is 5.60 Å². The summed E-state index contributed by atoms with van der Waals surface area (Å²) >= 11 is 0. The fourth-order valence-electron chi connectivity index (χ4n) is 2.20. The number of rotatable bonds is 1. The van der Waals surface area contributed by atoms with Crippen molar-refractivity contribution in [2.24, 2.45) is 0 Å². The van der Waals surface area contributed by atoms with Gasteiger partial charge in [-0.1, -0.05) is 0 Å². The zero-order valence-electron chi connectivity index (χ0n) is 7.64. The maximum absolute atomic E-state index is 5.82. The van der Waals surface area contributed by atoms with Gasteiger partial charge in [0.15, 0.2) is 0 Å². The molecule has 70 valence electrons. The monoisotopic (exact) mass is 171 g/mol. The van der Waals surface area contributed by atoms with Gasteiger partial charge in [0.1, 0.15) is 0 Å². The van der Waals surface area contributed by atoms with Crippen molar-refractivity contribution < 1.29 is 9.47 Å². The Morgan fingerprint density at radius 1 is 1.58 bits per heavy atom. The Kier molecular flexibility index (Phi) is 2.35. The number of nitrogens with one attached hydrogen (secondary N) is 1. The largest absolute Gasteiger partial charge is 0.381 e. The van der Waals surface area contributed by atoms with Gasteiger partial charge in [0.2, 0.25) is 0 Å². The van der Waals surface area contributed by atoms with E-state index >= 15 is 0 Å². The van der Waals surface area contributed by atoms with Gasteiger partial charge in [0.25, 0.3) is 0 Å². The Morgan fingerprint density at radius 2 is 2.50 bits per heavy atom. The molecule has 0 aromatic carbocycles. The number of hydrogen-bond acceptors (Lipinski definition) is 3. The fraction of sp³-hybridized carbons (Fsp3) is 1.00. The van der Waals surface area contributed by atoms with Gasteiger partial charge in [-0.05, 0) is 19.4 Å². The van der Waals surface area contributed by atoms with Crippen LogP contribution in [-0.2, 0) is 9.47 Å². The Morgan fingerprint density at radius 3 is 3.17 bits per heavy atom. The van der Waals surface area contributed by atoms with E-state index in [1.165, 1.54) is 0 Å². The van der Waals surface area contributed by atoms with Crippen molar-refractivity contribution in [1.29, 1.82) is 0 Å². The van der Waals surface area contributed by atoms with Gasteiger partial charge in [-0.2, -0.15) is 0 Å². The van der Waals surface area contributed by atoms with E-state index in [1.807, 2.05) is 0 Å². The minimum Gasteiger partial charge on any atom is -0.381 e. The molecule has 2 aliphatic heterocycles. The molecule has 2 atom stereocenters.